The highest BCUT2D eigenvalue weighted by Gasteiger charge is 2.36. The largest absolute Gasteiger partial charge is 0.434 e. The first-order valence-electron chi connectivity index (χ1n) is 6.91. The van der Waals surface area contributed by atoms with Crippen molar-refractivity contribution in [2.75, 3.05) is 0 Å². The summed E-state index contributed by atoms with van der Waals surface area (Å²) in [6.45, 7) is 1.40. The zero-order chi connectivity index (χ0) is 13.8. The maximum absolute atomic E-state index is 12.4. The molecule has 0 spiro atoms. The quantitative estimate of drug-likeness (QED) is 0.803. The second-order valence-electron chi connectivity index (χ2n) is 5.20. The molecule has 2 nitrogen and oxygen atoms in total. The van der Waals surface area contributed by atoms with Crippen molar-refractivity contribution in [3.8, 4) is 5.75 Å². The summed E-state index contributed by atoms with van der Waals surface area (Å²) < 4.78 is 29.3. The van der Waals surface area contributed by atoms with Crippen LogP contribution in [0.2, 0.25) is 0 Å². The molecule has 1 aliphatic carbocycles. The van der Waals surface area contributed by atoms with Crippen LogP contribution in [-0.4, -0.2) is 12.7 Å². The molecule has 1 N–H and O–H groups in total. The number of nitrogens with one attached hydrogen (secondary N) is 1. The molecule has 0 bridgehead atoms. The topological polar surface area (TPSA) is 21.3 Å². The van der Waals surface area contributed by atoms with E-state index in [-0.39, 0.29) is 11.8 Å². The molecule has 0 heterocycles. The third-order valence-corrected chi connectivity index (χ3v) is 3.65. The fourth-order valence-corrected chi connectivity index (χ4v) is 2.59. The smallest absolute Gasteiger partial charge is 0.387 e. The van der Waals surface area contributed by atoms with E-state index in [0.29, 0.717) is 6.04 Å². The van der Waals surface area contributed by atoms with E-state index < -0.39 is 6.61 Å². The van der Waals surface area contributed by atoms with Crippen LogP contribution in [0.25, 0.3) is 0 Å². The summed E-state index contributed by atoms with van der Waals surface area (Å²) in [6.07, 6.45) is 3.62. The van der Waals surface area contributed by atoms with Gasteiger partial charge in [-0.05, 0) is 31.7 Å². The average Bonchev–Trinajstić information content (AvgIpc) is 3.07. The zero-order valence-electron chi connectivity index (χ0n) is 11.4. The standard InChI is InChI=1S/C15H21F2NO/c1-3-6-11-9-13(11)18-10(2)12-7-4-5-8-14(12)19-15(16)17/h4-5,7-8,10-11,13,15,18H,3,6,9H2,1-2H3. The Labute approximate surface area is 113 Å². The summed E-state index contributed by atoms with van der Waals surface area (Å²) in [4.78, 5) is 0. The van der Waals surface area contributed by atoms with Crippen LogP contribution in [0.5, 0.6) is 5.75 Å². The Balaban J connectivity index is 1.97. The van der Waals surface area contributed by atoms with Crippen molar-refractivity contribution >= 4 is 0 Å². The van der Waals surface area contributed by atoms with E-state index >= 15 is 0 Å². The molecule has 0 aliphatic heterocycles. The van der Waals surface area contributed by atoms with Gasteiger partial charge in [-0.15, -0.1) is 0 Å². The molecule has 106 valence electrons. The highest BCUT2D eigenvalue weighted by molar-refractivity contribution is 5.35. The summed E-state index contributed by atoms with van der Waals surface area (Å²) in [5.41, 5.74) is 0.796. The first-order valence-corrected chi connectivity index (χ1v) is 6.91. The number of para-hydroxylation sites is 1. The molecule has 19 heavy (non-hydrogen) atoms. The predicted octanol–water partition coefficient (Wildman–Crippen LogP) is 4.13. The van der Waals surface area contributed by atoms with Crippen LogP contribution >= 0.6 is 0 Å². The molecule has 0 radical (unpaired) electrons. The van der Waals surface area contributed by atoms with E-state index in [2.05, 4.69) is 17.0 Å². The van der Waals surface area contributed by atoms with Crippen LogP contribution in [0, 0.1) is 5.92 Å². The molecule has 3 atom stereocenters. The Bertz CT molecular complexity index is 411. The van der Waals surface area contributed by atoms with Crippen molar-refractivity contribution < 1.29 is 13.5 Å². The van der Waals surface area contributed by atoms with Gasteiger partial charge >= 0.3 is 6.61 Å². The molecule has 1 aromatic carbocycles. The zero-order valence-corrected chi connectivity index (χ0v) is 11.4. The Hall–Kier alpha value is -1.16. The maximum Gasteiger partial charge on any atom is 0.387 e. The maximum atomic E-state index is 12.4. The molecular formula is C15H21F2NO. The van der Waals surface area contributed by atoms with E-state index in [1.807, 2.05) is 19.1 Å². The van der Waals surface area contributed by atoms with Crippen LogP contribution in [0.1, 0.15) is 44.7 Å². The summed E-state index contributed by atoms with van der Waals surface area (Å²) in [7, 11) is 0. The van der Waals surface area contributed by atoms with Gasteiger partial charge in [0.2, 0.25) is 0 Å². The van der Waals surface area contributed by atoms with Crippen molar-refractivity contribution in [2.45, 2.75) is 51.8 Å². The van der Waals surface area contributed by atoms with Crippen molar-refractivity contribution in [3.05, 3.63) is 29.8 Å². The minimum absolute atomic E-state index is 0.0295. The van der Waals surface area contributed by atoms with Gasteiger partial charge in [0.1, 0.15) is 5.75 Å². The number of alkyl halides is 2. The van der Waals surface area contributed by atoms with Gasteiger partial charge in [-0.25, -0.2) is 0 Å². The van der Waals surface area contributed by atoms with Gasteiger partial charge in [-0.1, -0.05) is 31.5 Å². The number of halogens is 2. The number of hydrogen-bond donors (Lipinski definition) is 1. The van der Waals surface area contributed by atoms with Gasteiger partial charge < -0.3 is 10.1 Å². The molecule has 1 saturated carbocycles. The molecule has 2 rings (SSSR count). The summed E-state index contributed by atoms with van der Waals surface area (Å²) in [6, 6.07) is 7.55. The second-order valence-corrected chi connectivity index (χ2v) is 5.20. The first kappa shape index (κ1) is 14.3. The van der Waals surface area contributed by atoms with E-state index in [4.69, 9.17) is 0 Å². The Kier molecular flexibility index (Phi) is 4.75. The van der Waals surface area contributed by atoms with E-state index in [1.54, 1.807) is 12.1 Å². The van der Waals surface area contributed by atoms with Gasteiger partial charge in [-0.2, -0.15) is 8.78 Å². The Morgan fingerprint density at radius 1 is 1.37 bits per heavy atom. The average molecular weight is 269 g/mol. The number of rotatable bonds is 7. The Morgan fingerprint density at radius 3 is 2.79 bits per heavy atom. The number of ether oxygens (including phenoxy) is 1. The minimum Gasteiger partial charge on any atom is -0.434 e. The van der Waals surface area contributed by atoms with Gasteiger partial charge in [0.25, 0.3) is 0 Å². The molecule has 1 fully saturated rings. The fourth-order valence-electron chi connectivity index (χ4n) is 2.59. The summed E-state index contributed by atoms with van der Waals surface area (Å²) in [5.74, 6) is 1.01. The lowest BCUT2D eigenvalue weighted by atomic mass is 10.1. The fraction of sp³-hybridized carbons (Fsp3) is 0.600. The Morgan fingerprint density at radius 2 is 2.11 bits per heavy atom. The van der Waals surface area contributed by atoms with E-state index in [1.165, 1.54) is 19.3 Å². The predicted molar refractivity (Wildman–Crippen MR) is 71.4 cm³/mol. The normalized spacial score (nSPS) is 23.4. The van der Waals surface area contributed by atoms with Gasteiger partial charge in [0, 0.05) is 17.6 Å². The first-order chi connectivity index (χ1) is 9.11. The van der Waals surface area contributed by atoms with E-state index in [9.17, 15) is 8.78 Å². The lowest BCUT2D eigenvalue weighted by Gasteiger charge is -2.18. The summed E-state index contributed by atoms with van der Waals surface area (Å²) >= 11 is 0. The van der Waals surface area contributed by atoms with Crippen LogP contribution in [0.15, 0.2) is 24.3 Å². The van der Waals surface area contributed by atoms with Crippen molar-refractivity contribution in [1.29, 1.82) is 0 Å². The highest BCUT2D eigenvalue weighted by Crippen LogP contribution is 2.37. The molecule has 4 heteroatoms. The van der Waals surface area contributed by atoms with Crippen molar-refractivity contribution in [1.82, 2.24) is 5.32 Å². The van der Waals surface area contributed by atoms with Gasteiger partial charge in [-0.3, -0.25) is 0 Å². The molecule has 1 aliphatic rings. The second kappa shape index (κ2) is 6.33. The molecule has 0 saturated heterocycles. The lowest BCUT2D eigenvalue weighted by Crippen LogP contribution is -2.23. The minimum atomic E-state index is -2.78. The highest BCUT2D eigenvalue weighted by atomic mass is 19.3. The lowest BCUT2D eigenvalue weighted by molar-refractivity contribution is -0.0506. The number of hydrogen-bond acceptors (Lipinski definition) is 2. The van der Waals surface area contributed by atoms with Gasteiger partial charge in [0.15, 0.2) is 0 Å². The third kappa shape index (κ3) is 3.90. The summed E-state index contributed by atoms with van der Waals surface area (Å²) in [5, 5.41) is 3.49. The van der Waals surface area contributed by atoms with Crippen molar-refractivity contribution in [3.63, 3.8) is 0 Å². The molecular weight excluding hydrogens is 248 g/mol. The number of benzene rings is 1. The third-order valence-electron chi connectivity index (χ3n) is 3.65. The molecule has 0 amide bonds. The van der Waals surface area contributed by atoms with Crippen LogP contribution < -0.4 is 10.1 Å². The molecule has 0 aromatic heterocycles. The van der Waals surface area contributed by atoms with Crippen molar-refractivity contribution in [2.24, 2.45) is 5.92 Å². The monoisotopic (exact) mass is 269 g/mol. The van der Waals surface area contributed by atoms with Crippen LogP contribution in [0.3, 0.4) is 0 Å². The molecule has 3 unspecified atom stereocenters. The van der Waals surface area contributed by atoms with Crippen LogP contribution in [0.4, 0.5) is 8.78 Å². The van der Waals surface area contributed by atoms with Gasteiger partial charge in [0.05, 0.1) is 0 Å². The van der Waals surface area contributed by atoms with Crippen LogP contribution in [-0.2, 0) is 0 Å². The van der Waals surface area contributed by atoms with E-state index in [0.717, 1.165) is 11.5 Å². The molecule has 1 aromatic rings. The SMILES string of the molecule is CCCC1CC1NC(C)c1ccccc1OC(F)F.